The van der Waals surface area contributed by atoms with Crippen molar-refractivity contribution in [3.8, 4) is 5.75 Å². The average molecular weight is 466 g/mol. The van der Waals surface area contributed by atoms with Gasteiger partial charge in [0.25, 0.3) is 0 Å². The summed E-state index contributed by atoms with van der Waals surface area (Å²) < 4.78 is 9.04. The van der Waals surface area contributed by atoms with Gasteiger partial charge in [-0.05, 0) is 65.7 Å². The van der Waals surface area contributed by atoms with Crippen LogP contribution in [0.2, 0.25) is 4.34 Å². The van der Waals surface area contributed by atoms with E-state index in [1.54, 1.807) is 31.4 Å². The molecule has 7 heteroatoms. The summed E-state index contributed by atoms with van der Waals surface area (Å²) in [5, 5.41) is 4.56. The normalized spacial score (nSPS) is 11.3. The summed E-state index contributed by atoms with van der Waals surface area (Å²) in [6.07, 6.45) is 3.36. The zero-order valence-corrected chi connectivity index (χ0v) is 18.3. The van der Waals surface area contributed by atoms with Gasteiger partial charge in [0, 0.05) is 5.56 Å². The molecular weight excluding hydrogens is 448 g/mol. The Morgan fingerprint density at radius 1 is 1.33 bits per heavy atom. The van der Waals surface area contributed by atoms with Crippen LogP contribution < -0.4 is 4.74 Å². The number of aromatic nitrogens is 2. The Kier molecular flexibility index (Phi) is 6.19. The van der Waals surface area contributed by atoms with Gasteiger partial charge in [0.05, 0.1) is 38.7 Å². The number of thiophene rings is 1. The van der Waals surface area contributed by atoms with Gasteiger partial charge in [-0.25, -0.2) is 0 Å². The molecule has 0 amide bonds. The van der Waals surface area contributed by atoms with Gasteiger partial charge in [0.2, 0.25) is 0 Å². The highest BCUT2D eigenvalue weighted by Gasteiger charge is 2.12. The number of hydrogen-bond acceptors (Lipinski definition) is 4. The molecule has 4 nitrogen and oxygen atoms in total. The van der Waals surface area contributed by atoms with Gasteiger partial charge in [-0.1, -0.05) is 23.7 Å². The van der Waals surface area contributed by atoms with Crippen molar-refractivity contribution in [1.29, 1.82) is 0 Å². The molecule has 0 fully saturated rings. The van der Waals surface area contributed by atoms with Gasteiger partial charge in [0.15, 0.2) is 5.78 Å². The lowest BCUT2D eigenvalue weighted by atomic mass is 10.1. The lowest BCUT2D eigenvalue weighted by molar-refractivity contribution is 0.105. The number of hydrogen-bond donors (Lipinski definition) is 0. The summed E-state index contributed by atoms with van der Waals surface area (Å²) in [5.74, 6) is 0.721. The summed E-state index contributed by atoms with van der Waals surface area (Å²) in [6, 6.07) is 9.30. The van der Waals surface area contributed by atoms with Crippen molar-refractivity contribution in [2.45, 2.75) is 20.4 Å². The summed E-state index contributed by atoms with van der Waals surface area (Å²) in [5.41, 5.74) is 3.91. The fourth-order valence-corrected chi connectivity index (χ4v) is 3.96. The van der Waals surface area contributed by atoms with E-state index in [0.717, 1.165) is 32.7 Å². The molecule has 0 radical (unpaired) electrons. The van der Waals surface area contributed by atoms with Crippen molar-refractivity contribution in [3.63, 3.8) is 0 Å². The van der Waals surface area contributed by atoms with Crippen molar-refractivity contribution in [3.05, 3.63) is 72.6 Å². The van der Waals surface area contributed by atoms with E-state index in [1.165, 1.54) is 11.3 Å². The molecule has 0 atom stereocenters. The first-order chi connectivity index (χ1) is 12.9. The molecule has 0 saturated heterocycles. The quantitative estimate of drug-likeness (QED) is 0.335. The summed E-state index contributed by atoms with van der Waals surface area (Å²) in [4.78, 5) is 12.9. The number of halogens is 2. The highest BCUT2D eigenvalue weighted by atomic mass is 79.9. The molecule has 140 valence electrons. The minimum absolute atomic E-state index is 0.0632. The van der Waals surface area contributed by atoms with Crippen LogP contribution in [0.4, 0.5) is 0 Å². The van der Waals surface area contributed by atoms with Crippen LogP contribution in [0.1, 0.15) is 32.2 Å². The highest BCUT2D eigenvalue weighted by molar-refractivity contribution is 9.10. The van der Waals surface area contributed by atoms with Gasteiger partial charge in [0.1, 0.15) is 5.75 Å². The van der Waals surface area contributed by atoms with Gasteiger partial charge in [-0.3, -0.25) is 9.48 Å². The minimum Gasteiger partial charge on any atom is -0.496 e. The number of nitrogens with zero attached hydrogens (tertiary/aromatic N) is 2. The molecule has 2 aromatic heterocycles. The maximum Gasteiger partial charge on any atom is 0.195 e. The molecule has 0 aliphatic carbocycles. The Morgan fingerprint density at radius 3 is 2.70 bits per heavy atom. The summed E-state index contributed by atoms with van der Waals surface area (Å²) in [6.45, 7) is 4.56. The largest absolute Gasteiger partial charge is 0.496 e. The SMILES string of the molecule is COc1ccc(/C=C/C(=O)c2ccc(Cl)s2)cc1Cn1nc(C)c(Br)c1C. The molecule has 0 bridgehead atoms. The van der Waals surface area contributed by atoms with Crippen LogP contribution in [0, 0.1) is 13.8 Å². The predicted octanol–water partition coefficient (Wildman–Crippen LogP) is 5.93. The monoisotopic (exact) mass is 464 g/mol. The van der Waals surface area contributed by atoms with Crippen molar-refractivity contribution in [2.75, 3.05) is 7.11 Å². The second-order valence-electron chi connectivity index (χ2n) is 6.02. The molecule has 0 saturated carbocycles. The van der Waals surface area contributed by atoms with Crippen LogP contribution >= 0.6 is 38.9 Å². The maximum absolute atomic E-state index is 12.2. The number of carbonyl (C=O) groups is 1. The van der Waals surface area contributed by atoms with E-state index in [4.69, 9.17) is 16.3 Å². The summed E-state index contributed by atoms with van der Waals surface area (Å²) >= 11 is 10.7. The Morgan fingerprint density at radius 2 is 2.11 bits per heavy atom. The molecule has 0 spiro atoms. The van der Waals surface area contributed by atoms with E-state index in [2.05, 4.69) is 21.0 Å². The van der Waals surface area contributed by atoms with E-state index in [1.807, 2.05) is 36.7 Å². The molecule has 27 heavy (non-hydrogen) atoms. The molecule has 0 aliphatic heterocycles. The molecule has 2 heterocycles. The number of aryl methyl sites for hydroxylation is 1. The second-order valence-corrected chi connectivity index (χ2v) is 8.52. The Balaban J connectivity index is 1.85. The Hall–Kier alpha value is -1.89. The average Bonchev–Trinajstić information content (AvgIpc) is 3.19. The van der Waals surface area contributed by atoms with E-state index >= 15 is 0 Å². The Labute approximate surface area is 175 Å². The van der Waals surface area contributed by atoms with E-state index in [0.29, 0.717) is 15.8 Å². The zero-order chi connectivity index (χ0) is 19.6. The molecule has 0 N–H and O–H groups in total. The second kappa shape index (κ2) is 8.42. The maximum atomic E-state index is 12.2. The minimum atomic E-state index is -0.0632. The molecule has 0 unspecified atom stereocenters. The fraction of sp³-hybridized carbons (Fsp3) is 0.200. The van der Waals surface area contributed by atoms with Crippen LogP contribution in [0.15, 0.2) is 40.9 Å². The molecular formula is C20H18BrClN2O2S. The number of methoxy groups -OCH3 is 1. The number of ketones is 1. The number of rotatable bonds is 6. The molecule has 3 aromatic rings. The van der Waals surface area contributed by atoms with Crippen molar-refractivity contribution in [1.82, 2.24) is 9.78 Å². The molecule has 3 rings (SSSR count). The van der Waals surface area contributed by atoms with Crippen LogP contribution in [0.25, 0.3) is 6.08 Å². The first-order valence-corrected chi connectivity index (χ1v) is 10.2. The fourth-order valence-electron chi connectivity index (χ4n) is 2.72. The van der Waals surface area contributed by atoms with Crippen molar-refractivity contribution < 1.29 is 9.53 Å². The molecule has 0 aliphatic rings. The van der Waals surface area contributed by atoms with E-state index in [-0.39, 0.29) is 5.78 Å². The van der Waals surface area contributed by atoms with Crippen LogP contribution in [-0.4, -0.2) is 22.7 Å². The van der Waals surface area contributed by atoms with Crippen LogP contribution in [0.5, 0.6) is 5.75 Å². The van der Waals surface area contributed by atoms with Crippen LogP contribution in [0.3, 0.4) is 0 Å². The number of carbonyl (C=O) groups excluding carboxylic acids is 1. The topological polar surface area (TPSA) is 44.1 Å². The first-order valence-electron chi connectivity index (χ1n) is 8.23. The Bertz CT molecular complexity index is 1020. The lowest BCUT2D eigenvalue weighted by Crippen LogP contribution is -2.06. The molecule has 1 aromatic carbocycles. The van der Waals surface area contributed by atoms with Crippen molar-refractivity contribution >= 4 is 50.7 Å². The predicted molar refractivity (Wildman–Crippen MR) is 114 cm³/mol. The lowest BCUT2D eigenvalue weighted by Gasteiger charge is -2.11. The summed E-state index contributed by atoms with van der Waals surface area (Å²) in [7, 11) is 1.65. The number of benzene rings is 1. The third kappa shape index (κ3) is 4.51. The smallest absolute Gasteiger partial charge is 0.195 e. The standard InChI is InChI=1S/C20H18BrClN2O2S/c1-12-20(21)13(2)24(23-12)11-15-10-14(5-7-17(15)26-3)4-6-16(25)18-8-9-19(22)27-18/h4-10H,11H2,1-3H3/b6-4+. The van der Waals surface area contributed by atoms with Gasteiger partial charge < -0.3 is 4.74 Å². The first kappa shape index (κ1) is 19.9. The third-order valence-electron chi connectivity index (χ3n) is 4.16. The van der Waals surface area contributed by atoms with Crippen molar-refractivity contribution in [2.24, 2.45) is 0 Å². The van der Waals surface area contributed by atoms with Crippen LogP contribution in [-0.2, 0) is 6.54 Å². The third-order valence-corrected chi connectivity index (χ3v) is 6.55. The number of allylic oxidation sites excluding steroid dienone is 1. The number of ether oxygens (including phenoxy) is 1. The zero-order valence-electron chi connectivity index (χ0n) is 15.1. The van der Waals surface area contributed by atoms with E-state index < -0.39 is 0 Å². The van der Waals surface area contributed by atoms with Gasteiger partial charge in [-0.2, -0.15) is 5.10 Å². The highest BCUT2D eigenvalue weighted by Crippen LogP contribution is 2.26. The van der Waals surface area contributed by atoms with Gasteiger partial charge >= 0.3 is 0 Å². The van der Waals surface area contributed by atoms with Gasteiger partial charge in [-0.15, -0.1) is 11.3 Å². The van der Waals surface area contributed by atoms with E-state index in [9.17, 15) is 4.79 Å².